The topological polar surface area (TPSA) is 78.4 Å². The zero-order chi connectivity index (χ0) is 12.7. The number of nitrogens with one attached hydrogen (secondary N) is 2. The van der Waals surface area contributed by atoms with Crippen LogP contribution < -0.4 is 10.6 Å². The molecule has 3 N–H and O–H groups in total. The Morgan fingerprint density at radius 1 is 1.41 bits per heavy atom. The second-order valence-corrected chi connectivity index (χ2v) is 4.45. The van der Waals surface area contributed by atoms with Crippen LogP contribution in [-0.4, -0.2) is 36.1 Å². The molecule has 1 aliphatic rings. The van der Waals surface area contributed by atoms with Gasteiger partial charge in [0, 0.05) is 25.1 Å². The van der Waals surface area contributed by atoms with E-state index in [1.807, 2.05) is 0 Å². The average molecular weight is 240 g/mol. The minimum atomic E-state index is -0.923. The van der Waals surface area contributed by atoms with E-state index < -0.39 is 5.97 Å². The third kappa shape index (κ3) is 7.52. The van der Waals surface area contributed by atoms with Crippen LogP contribution in [0.4, 0.5) is 0 Å². The number of hydrogen-bond donors (Lipinski definition) is 3. The highest BCUT2D eigenvalue weighted by molar-refractivity contribution is 5.80. The summed E-state index contributed by atoms with van der Waals surface area (Å²) in [7, 11) is 0. The fourth-order valence-corrected chi connectivity index (χ4v) is 1.45. The van der Waals surface area contributed by atoms with E-state index in [4.69, 9.17) is 5.11 Å². The number of carboxylic acids is 1. The lowest BCUT2D eigenvalue weighted by Gasteiger charge is -2.05. The Bertz CT molecular complexity index is 309. The van der Waals surface area contributed by atoms with Crippen LogP contribution in [0.25, 0.3) is 0 Å². The van der Waals surface area contributed by atoms with Crippen LogP contribution >= 0.6 is 0 Å². The van der Waals surface area contributed by atoms with Gasteiger partial charge in [-0.3, -0.25) is 4.79 Å². The SMILES string of the molecule is CC(=CC(=O)O)CNCCCC(=O)NC1CC1. The molecule has 1 rings (SSSR count). The quantitative estimate of drug-likeness (QED) is 0.430. The van der Waals surface area contributed by atoms with E-state index >= 15 is 0 Å². The predicted octanol–water partition coefficient (Wildman–Crippen LogP) is 0.666. The van der Waals surface area contributed by atoms with Crippen molar-refractivity contribution in [1.29, 1.82) is 0 Å². The maximum atomic E-state index is 11.3. The summed E-state index contributed by atoms with van der Waals surface area (Å²) in [5, 5.41) is 14.5. The Hall–Kier alpha value is -1.36. The zero-order valence-electron chi connectivity index (χ0n) is 10.2. The monoisotopic (exact) mass is 240 g/mol. The van der Waals surface area contributed by atoms with Crippen LogP contribution in [0.5, 0.6) is 0 Å². The molecular formula is C12H20N2O3. The Labute approximate surface area is 101 Å². The molecule has 0 heterocycles. The van der Waals surface area contributed by atoms with Gasteiger partial charge in [0.15, 0.2) is 0 Å². The summed E-state index contributed by atoms with van der Waals surface area (Å²) in [5.41, 5.74) is 0.778. The molecule has 1 saturated carbocycles. The highest BCUT2D eigenvalue weighted by Gasteiger charge is 2.22. The van der Waals surface area contributed by atoms with Crippen LogP contribution in [-0.2, 0) is 9.59 Å². The van der Waals surface area contributed by atoms with Gasteiger partial charge in [0.05, 0.1) is 0 Å². The molecule has 0 saturated heterocycles. The van der Waals surface area contributed by atoms with Gasteiger partial charge in [0.1, 0.15) is 0 Å². The first kappa shape index (κ1) is 13.7. The van der Waals surface area contributed by atoms with Gasteiger partial charge in [0.2, 0.25) is 5.91 Å². The van der Waals surface area contributed by atoms with Crippen LogP contribution in [0, 0.1) is 0 Å². The number of carboxylic acid groups (broad SMARTS) is 1. The summed E-state index contributed by atoms with van der Waals surface area (Å²) in [6, 6.07) is 0.427. The molecular weight excluding hydrogens is 220 g/mol. The fourth-order valence-electron chi connectivity index (χ4n) is 1.45. The van der Waals surface area contributed by atoms with E-state index in [1.165, 1.54) is 6.08 Å². The summed E-state index contributed by atoms with van der Waals surface area (Å²) in [5.74, 6) is -0.805. The van der Waals surface area contributed by atoms with Gasteiger partial charge in [-0.15, -0.1) is 0 Å². The van der Waals surface area contributed by atoms with Crippen LogP contribution in [0.1, 0.15) is 32.6 Å². The molecule has 0 unspecified atom stereocenters. The summed E-state index contributed by atoms with van der Waals surface area (Å²) >= 11 is 0. The third-order valence-corrected chi connectivity index (χ3v) is 2.47. The maximum absolute atomic E-state index is 11.3. The standard InChI is InChI=1S/C12H20N2O3/c1-9(7-12(16)17)8-13-6-2-3-11(15)14-10-4-5-10/h7,10,13H,2-6,8H2,1H3,(H,14,15)(H,16,17). The lowest BCUT2D eigenvalue weighted by molar-refractivity contribution is -0.131. The second kappa shape index (κ2) is 7.06. The first-order valence-electron chi connectivity index (χ1n) is 5.98. The summed E-state index contributed by atoms with van der Waals surface area (Å²) in [6.07, 6.45) is 4.73. The lowest BCUT2D eigenvalue weighted by Crippen LogP contribution is -2.26. The van der Waals surface area contributed by atoms with E-state index in [0.29, 0.717) is 19.0 Å². The molecule has 17 heavy (non-hydrogen) atoms. The Balaban J connectivity index is 1.96. The molecule has 96 valence electrons. The smallest absolute Gasteiger partial charge is 0.328 e. The molecule has 0 atom stereocenters. The molecule has 0 bridgehead atoms. The predicted molar refractivity (Wildman–Crippen MR) is 64.7 cm³/mol. The molecule has 5 heteroatoms. The Morgan fingerprint density at radius 2 is 2.12 bits per heavy atom. The largest absolute Gasteiger partial charge is 0.478 e. The van der Waals surface area contributed by atoms with Crippen LogP contribution in [0.3, 0.4) is 0 Å². The van der Waals surface area contributed by atoms with Crippen molar-refractivity contribution in [3.8, 4) is 0 Å². The van der Waals surface area contributed by atoms with Gasteiger partial charge in [0.25, 0.3) is 0 Å². The van der Waals surface area contributed by atoms with Crippen molar-refractivity contribution < 1.29 is 14.7 Å². The van der Waals surface area contributed by atoms with Crippen molar-refractivity contribution in [3.05, 3.63) is 11.6 Å². The summed E-state index contributed by atoms with van der Waals surface area (Å²) in [6.45, 7) is 3.04. The maximum Gasteiger partial charge on any atom is 0.328 e. The first-order valence-corrected chi connectivity index (χ1v) is 5.98. The number of rotatable bonds is 8. The molecule has 5 nitrogen and oxygen atoms in total. The second-order valence-electron chi connectivity index (χ2n) is 4.45. The van der Waals surface area contributed by atoms with E-state index in [-0.39, 0.29) is 5.91 Å². The van der Waals surface area contributed by atoms with Gasteiger partial charge in [-0.25, -0.2) is 4.79 Å². The van der Waals surface area contributed by atoms with Crippen molar-refractivity contribution in [3.63, 3.8) is 0 Å². The molecule has 1 aliphatic carbocycles. The number of amides is 1. The number of aliphatic carboxylic acids is 1. The van der Waals surface area contributed by atoms with Crippen LogP contribution in [0.2, 0.25) is 0 Å². The summed E-state index contributed by atoms with van der Waals surface area (Å²) in [4.78, 5) is 21.6. The average Bonchev–Trinajstić information content (AvgIpc) is 2.99. The van der Waals surface area contributed by atoms with E-state index in [9.17, 15) is 9.59 Å². The first-order chi connectivity index (χ1) is 8.08. The normalized spacial score (nSPS) is 15.7. The van der Waals surface area contributed by atoms with Crippen molar-refractivity contribution in [2.24, 2.45) is 0 Å². The van der Waals surface area contributed by atoms with Gasteiger partial charge in [-0.05, 0) is 32.7 Å². The lowest BCUT2D eigenvalue weighted by atomic mass is 10.2. The molecule has 0 aromatic rings. The third-order valence-electron chi connectivity index (χ3n) is 2.47. The molecule has 0 aliphatic heterocycles. The van der Waals surface area contributed by atoms with Gasteiger partial charge in [-0.1, -0.05) is 5.57 Å². The Kier molecular flexibility index (Phi) is 5.69. The highest BCUT2D eigenvalue weighted by atomic mass is 16.4. The molecule has 1 fully saturated rings. The Morgan fingerprint density at radius 3 is 2.71 bits per heavy atom. The zero-order valence-corrected chi connectivity index (χ0v) is 10.2. The minimum absolute atomic E-state index is 0.118. The fraction of sp³-hybridized carbons (Fsp3) is 0.667. The van der Waals surface area contributed by atoms with Gasteiger partial charge >= 0.3 is 5.97 Å². The van der Waals surface area contributed by atoms with Crippen molar-refractivity contribution in [2.75, 3.05) is 13.1 Å². The molecule has 0 aromatic carbocycles. The van der Waals surface area contributed by atoms with Gasteiger partial charge in [-0.2, -0.15) is 0 Å². The number of carbonyl (C=O) groups excluding carboxylic acids is 1. The van der Waals surface area contributed by atoms with E-state index in [2.05, 4.69) is 10.6 Å². The van der Waals surface area contributed by atoms with Crippen molar-refractivity contribution >= 4 is 11.9 Å². The van der Waals surface area contributed by atoms with E-state index in [0.717, 1.165) is 31.4 Å². The molecule has 0 radical (unpaired) electrons. The van der Waals surface area contributed by atoms with Crippen molar-refractivity contribution in [2.45, 2.75) is 38.6 Å². The van der Waals surface area contributed by atoms with Crippen molar-refractivity contribution in [1.82, 2.24) is 10.6 Å². The molecule has 0 spiro atoms. The number of carbonyl (C=O) groups is 2. The number of hydrogen-bond acceptors (Lipinski definition) is 3. The molecule has 0 aromatic heterocycles. The van der Waals surface area contributed by atoms with Crippen LogP contribution in [0.15, 0.2) is 11.6 Å². The highest BCUT2D eigenvalue weighted by Crippen LogP contribution is 2.18. The van der Waals surface area contributed by atoms with E-state index in [1.54, 1.807) is 6.92 Å². The minimum Gasteiger partial charge on any atom is -0.478 e. The summed E-state index contributed by atoms with van der Waals surface area (Å²) < 4.78 is 0. The molecule has 1 amide bonds. The van der Waals surface area contributed by atoms with Gasteiger partial charge < -0.3 is 15.7 Å².